The fraction of sp³-hybridized carbons (Fsp3) is 0.667. The molecule has 0 bridgehead atoms. The molecule has 1 saturated carbocycles. The van der Waals surface area contributed by atoms with E-state index in [9.17, 15) is 8.42 Å². The molecule has 30 heavy (non-hydrogen) atoms. The number of hydrogen-bond donors (Lipinski definition) is 2. The maximum absolute atomic E-state index is 11.9. The van der Waals surface area contributed by atoms with Gasteiger partial charge in [0.15, 0.2) is 17.5 Å². The second kappa shape index (κ2) is 10.9. The van der Waals surface area contributed by atoms with Crippen molar-refractivity contribution in [2.24, 2.45) is 4.99 Å². The quantitative estimate of drug-likeness (QED) is 0.453. The van der Waals surface area contributed by atoms with Crippen LogP contribution in [0, 0.1) is 0 Å². The molecule has 1 aliphatic carbocycles. The summed E-state index contributed by atoms with van der Waals surface area (Å²) in [5, 5.41) is 6.46. The molecule has 0 radical (unpaired) electrons. The monoisotopic (exact) mass is 438 g/mol. The predicted molar refractivity (Wildman–Crippen MR) is 119 cm³/mol. The van der Waals surface area contributed by atoms with Crippen LogP contribution in [0.3, 0.4) is 0 Å². The molecule has 1 aromatic rings. The van der Waals surface area contributed by atoms with Gasteiger partial charge in [-0.1, -0.05) is 12.1 Å². The fourth-order valence-corrected chi connectivity index (χ4v) is 5.43. The molecular weight excluding hydrogens is 404 g/mol. The largest absolute Gasteiger partial charge is 0.493 e. The van der Waals surface area contributed by atoms with Crippen molar-refractivity contribution in [2.75, 3.05) is 39.0 Å². The molecule has 1 saturated heterocycles. The summed E-state index contributed by atoms with van der Waals surface area (Å²) in [6.07, 6.45) is 5.49. The Morgan fingerprint density at radius 3 is 2.70 bits per heavy atom. The Morgan fingerprint density at radius 1 is 1.23 bits per heavy atom. The number of rotatable bonds is 9. The second-order valence-electron chi connectivity index (χ2n) is 7.66. The summed E-state index contributed by atoms with van der Waals surface area (Å²) in [6, 6.07) is 5.87. The van der Waals surface area contributed by atoms with Gasteiger partial charge >= 0.3 is 0 Å². The molecule has 0 aromatic heterocycles. The van der Waals surface area contributed by atoms with Gasteiger partial charge in [-0.15, -0.1) is 0 Å². The highest BCUT2D eigenvalue weighted by molar-refractivity contribution is 7.89. The van der Waals surface area contributed by atoms with Gasteiger partial charge in [-0.3, -0.25) is 0 Å². The number of nitrogens with zero attached hydrogens (tertiary/aromatic N) is 2. The molecular formula is C21H34N4O4S. The van der Waals surface area contributed by atoms with Crippen molar-refractivity contribution < 1.29 is 17.9 Å². The lowest BCUT2D eigenvalue weighted by Crippen LogP contribution is -2.42. The molecule has 1 aliphatic heterocycles. The number of nitrogens with one attached hydrogen (secondary N) is 2. The Kier molecular flexibility index (Phi) is 8.21. The highest BCUT2D eigenvalue weighted by Gasteiger charge is 2.27. The molecule has 2 aliphatic rings. The Hall–Kier alpha value is -2.00. The zero-order valence-corrected chi connectivity index (χ0v) is 18.8. The molecule has 0 amide bonds. The number of hydrogen-bond acceptors (Lipinski definition) is 5. The first kappa shape index (κ1) is 22.7. The minimum absolute atomic E-state index is 0.234. The molecule has 1 aromatic carbocycles. The number of guanidine groups is 1. The average molecular weight is 439 g/mol. The number of ether oxygens (including phenoxy) is 2. The maximum atomic E-state index is 11.9. The van der Waals surface area contributed by atoms with Crippen molar-refractivity contribution in [1.82, 2.24) is 14.9 Å². The highest BCUT2D eigenvalue weighted by atomic mass is 32.2. The van der Waals surface area contributed by atoms with Crippen molar-refractivity contribution in [2.45, 2.75) is 51.7 Å². The molecule has 1 heterocycles. The number of para-hydroxylation sites is 1. The smallest absolute Gasteiger partial charge is 0.214 e. The van der Waals surface area contributed by atoms with Crippen molar-refractivity contribution >= 4 is 16.0 Å². The van der Waals surface area contributed by atoms with Crippen molar-refractivity contribution in [1.29, 1.82) is 0 Å². The minimum atomic E-state index is -3.07. The van der Waals surface area contributed by atoms with E-state index in [4.69, 9.17) is 9.47 Å². The van der Waals surface area contributed by atoms with E-state index in [1.165, 1.54) is 12.8 Å². The van der Waals surface area contributed by atoms with E-state index in [2.05, 4.69) is 15.6 Å². The van der Waals surface area contributed by atoms with Gasteiger partial charge < -0.3 is 20.1 Å². The van der Waals surface area contributed by atoms with E-state index in [-0.39, 0.29) is 11.9 Å². The van der Waals surface area contributed by atoms with Crippen molar-refractivity contribution in [3.63, 3.8) is 0 Å². The summed E-state index contributed by atoms with van der Waals surface area (Å²) in [5.74, 6) is 2.41. The van der Waals surface area contributed by atoms with E-state index in [1.54, 1.807) is 11.4 Å². The summed E-state index contributed by atoms with van der Waals surface area (Å²) in [5.41, 5.74) is 0.973. The Bertz CT molecular complexity index is 822. The highest BCUT2D eigenvalue weighted by Crippen LogP contribution is 2.35. The van der Waals surface area contributed by atoms with Crippen molar-refractivity contribution in [3.05, 3.63) is 23.8 Å². The van der Waals surface area contributed by atoms with Gasteiger partial charge in [0.1, 0.15) is 0 Å². The second-order valence-corrected chi connectivity index (χ2v) is 9.75. The van der Waals surface area contributed by atoms with Crippen molar-refractivity contribution in [3.8, 4) is 11.5 Å². The summed E-state index contributed by atoms with van der Waals surface area (Å²) in [4.78, 5) is 4.69. The van der Waals surface area contributed by atoms with Crippen LogP contribution in [0.15, 0.2) is 23.2 Å². The summed E-state index contributed by atoms with van der Waals surface area (Å²) in [6.45, 7) is 4.72. The Balaban J connectivity index is 1.64. The maximum Gasteiger partial charge on any atom is 0.214 e. The Labute approximate surface area is 180 Å². The molecule has 8 nitrogen and oxygen atoms in total. The first-order valence-electron chi connectivity index (χ1n) is 10.9. The molecule has 2 N–H and O–H groups in total. The zero-order valence-electron chi connectivity index (χ0n) is 18.0. The average Bonchev–Trinajstić information content (AvgIpc) is 3.36. The lowest BCUT2D eigenvalue weighted by molar-refractivity contribution is 0.198. The van der Waals surface area contributed by atoms with Crippen LogP contribution in [-0.2, 0) is 16.6 Å². The van der Waals surface area contributed by atoms with Crippen LogP contribution < -0.4 is 20.1 Å². The van der Waals surface area contributed by atoms with Crippen LogP contribution in [0.2, 0.25) is 0 Å². The molecule has 0 atom stereocenters. The zero-order chi connectivity index (χ0) is 21.4. The molecule has 0 spiro atoms. The standard InChI is InChI=1S/C21H34N4O4S/c1-3-22-21(23-12-14-25-13-7-15-30(25,26)27)24-16-17-8-6-11-19(28-2)20(17)29-18-9-4-5-10-18/h6,8,11,18H,3-5,7,9-10,12-16H2,1-2H3,(H2,22,23,24). The molecule has 9 heteroatoms. The van der Waals surface area contributed by atoms with Gasteiger partial charge in [-0.2, -0.15) is 0 Å². The normalized spacial score (nSPS) is 19.7. The van der Waals surface area contributed by atoms with Crippen LogP contribution in [0.1, 0.15) is 44.6 Å². The van der Waals surface area contributed by atoms with E-state index >= 15 is 0 Å². The van der Waals surface area contributed by atoms with E-state index < -0.39 is 10.0 Å². The van der Waals surface area contributed by atoms with Gasteiger partial charge in [0, 0.05) is 31.7 Å². The third kappa shape index (κ3) is 6.01. The summed E-state index contributed by atoms with van der Waals surface area (Å²) < 4.78 is 37.2. The summed E-state index contributed by atoms with van der Waals surface area (Å²) >= 11 is 0. The molecule has 3 rings (SSSR count). The topological polar surface area (TPSA) is 92.3 Å². The first-order valence-corrected chi connectivity index (χ1v) is 12.5. The third-order valence-corrected chi connectivity index (χ3v) is 7.43. The van der Waals surface area contributed by atoms with E-state index in [0.29, 0.717) is 38.6 Å². The minimum Gasteiger partial charge on any atom is -0.493 e. The van der Waals surface area contributed by atoms with Crippen LogP contribution in [0.5, 0.6) is 11.5 Å². The number of aliphatic imine (C=N–C) groups is 1. The lowest BCUT2D eigenvalue weighted by Gasteiger charge is -2.19. The fourth-order valence-electron chi connectivity index (χ4n) is 3.90. The van der Waals surface area contributed by atoms with Crippen LogP contribution in [0.25, 0.3) is 0 Å². The van der Waals surface area contributed by atoms with Gasteiger partial charge in [-0.05, 0) is 45.1 Å². The van der Waals surface area contributed by atoms with Crippen LogP contribution in [0.4, 0.5) is 0 Å². The van der Waals surface area contributed by atoms with E-state index in [1.807, 2.05) is 25.1 Å². The Morgan fingerprint density at radius 2 is 2.03 bits per heavy atom. The van der Waals surface area contributed by atoms with Crippen LogP contribution >= 0.6 is 0 Å². The van der Waals surface area contributed by atoms with E-state index in [0.717, 1.165) is 36.4 Å². The van der Waals surface area contributed by atoms with Crippen LogP contribution in [-0.4, -0.2) is 63.8 Å². The van der Waals surface area contributed by atoms with Gasteiger partial charge in [0.25, 0.3) is 0 Å². The predicted octanol–water partition coefficient (Wildman–Crippen LogP) is 2.11. The van der Waals surface area contributed by atoms with Gasteiger partial charge in [-0.25, -0.2) is 17.7 Å². The molecule has 2 fully saturated rings. The molecule has 0 unspecified atom stereocenters. The lowest BCUT2D eigenvalue weighted by atomic mass is 10.1. The SMILES string of the molecule is CCNC(=NCc1cccc(OC)c1OC1CCCC1)NCCN1CCCS1(=O)=O. The van der Waals surface area contributed by atoms with Gasteiger partial charge in [0.05, 0.1) is 25.5 Å². The third-order valence-electron chi connectivity index (χ3n) is 5.48. The molecule has 168 valence electrons. The van der Waals surface area contributed by atoms with Gasteiger partial charge in [0.2, 0.25) is 10.0 Å². The first-order chi connectivity index (χ1) is 14.5. The number of benzene rings is 1. The summed E-state index contributed by atoms with van der Waals surface area (Å²) in [7, 11) is -1.42. The number of sulfonamides is 1. The number of methoxy groups -OCH3 is 1.